The van der Waals surface area contributed by atoms with Gasteiger partial charge in [-0.2, -0.15) is 13.2 Å². The molecule has 0 fully saturated rings. The van der Waals surface area contributed by atoms with Crippen LogP contribution in [0.15, 0.2) is 36.4 Å². The van der Waals surface area contributed by atoms with Crippen LogP contribution in [0.5, 0.6) is 17.2 Å². The summed E-state index contributed by atoms with van der Waals surface area (Å²) in [6.45, 7) is 5.65. The first-order valence-corrected chi connectivity index (χ1v) is 8.35. The molecule has 0 spiro atoms. The molecule has 0 bridgehead atoms. The van der Waals surface area contributed by atoms with Gasteiger partial charge < -0.3 is 14.2 Å². The predicted molar refractivity (Wildman–Crippen MR) is 94.3 cm³/mol. The van der Waals surface area contributed by atoms with Gasteiger partial charge in [0.25, 0.3) is 0 Å². The normalized spacial score (nSPS) is 11.5. The maximum Gasteiger partial charge on any atom is 0.416 e. The fourth-order valence-corrected chi connectivity index (χ4v) is 2.79. The molecule has 0 atom stereocenters. The van der Waals surface area contributed by atoms with Gasteiger partial charge in [-0.3, -0.25) is 0 Å². The Bertz CT molecular complexity index is 740. The molecule has 0 aromatic heterocycles. The van der Waals surface area contributed by atoms with E-state index in [1.165, 1.54) is 6.07 Å². The smallest absolute Gasteiger partial charge is 0.416 e. The van der Waals surface area contributed by atoms with Crippen molar-refractivity contribution in [2.75, 3.05) is 20.3 Å². The number of hydrogen-bond acceptors (Lipinski definition) is 3. The number of rotatable bonds is 7. The molecule has 0 amide bonds. The zero-order chi connectivity index (χ0) is 19.3. The Kier molecular flexibility index (Phi) is 6.40. The van der Waals surface area contributed by atoms with Gasteiger partial charge in [-0.05, 0) is 37.1 Å². The molecule has 0 heterocycles. The molecule has 0 unspecified atom stereocenters. The van der Waals surface area contributed by atoms with E-state index in [1.54, 1.807) is 27.0 Å². The molecular weight excluding hydrogens is 345 g/mol. The second-order valence-corrected chi connectivity index (χ2v) is 6.15. The molecular formula is C20H23F3O3. The lowest BCUT2D eigenvalue weighted by Crippen LogP contribution is -2.14. The van der Waals surface area contributed by atoms with Gasteiger partial charge >= 0.3 is 6.18 Å². The van der Waals surface area contributed by atoms with E-state index in [4.69, 9.17) is 14.2 Å². The monoisotopic (exact) mass is 368 g/mol. The Morgan fingerprint density at radius 3 is 2.00 bits per heavy atom. The fourth-order valence-electron chi connectivity index (χ4n) is 2.79. The van der Waals surface area contributed by atoms with E-state index in [-0.39, 0.29) is 30.4 Å². The Hall–Kier alpha value is -2.37. The predicted octanol–water partition coefficient (Wildman–Crippen LogP) is 5.60. The minimum absolute atomic E-state index is 0.137. The molecule has 26 heavy (non-hydrogen) atoms. The van der Waals surface area contributed by atoms with Crippen LogP contribution in [0.2, 0.25) is 0 Å². The van der Waals surface area contributed by atoms with Crippen molar-refractivity contribution in [1.29, 1.82) is 0 Å². The number of ether oxygens (including phenoxy) is 3. The summed E-state index contributed by atoms with van der Waals surface area (Å²) < 4.78 is 56.2. The standard InChI is InChI=1S/C20H23F3O3/c1-13(2)19-15(20(21,22)23)7-5-10-18(19)26-12-11-25-17-9-6-8-16(24-4)14(17)3/h5-10,13H,11-12H2,1-4H3. The molecule has 2 aromatic rings. The molecule has 0 aliphatic rings. The Balaban J connectivity index is 2.07. The third kappa shape index (κ3) is 4.62. The summed E-state index contributed by atoms with van der Waals surface area (Å²) in [5.41, 5.74) is 0.365. The minimum atomic E-state index is -4.41. The van der Waals surface area contributed by atoms with Gasteiger partial charge in [0.15, 0.2) is 0 Å². The maximum absolute atomic E-state index is 13.2. The van der Waals surface area contributed by atoms with Crippen molar-refractivity contribution in [2.24, 2.45) is 0 Å². The van der Waals surface area contributed by atoms with E-state index in [0.29, 0.717) is 11.5 Å². The van der Waals surface area contributed by atoms with Gasteiger partial charge in [0.1, 0.15) is 30.5 Å². The number of benzene rings is 2. The number of alkyl halides is 3. The molecule has 142 valence electrons. The second kappa shape index (κ2) is 8.34. The highest BCUT2D eigenvalue weighted by Gasteiger charge is 2.35. The van der Waals surface area contributed by atoms with Crippen LogP contribution in [0, 0.1) is 6.92 Å². The lowest BCUT2D eigenvalue weighted by atomic mass is 9.95. The van der Waals surface area contributed by atoms with Gasteiger partial charge in [-0.25, -0.2) is 0 Å². The number of hydrogen-bond donors (Lipinski definition) is 0. The molecule has 0 aliphatic heterocycles. The number of halogens is 3. The minimum Gasteiger partial charge on any atom is -0.496 e. The average Bonchev–Trinajstić information content (AvgIpc) is 2.58. The molecule has 0 saturated carbocycles. The van der Waals surface area contributed by atoms with Crippen molar-refractivity contribution >= 4 is 0 Å². The van der Waals surface area contributed by atoms with Gasteiger partial charge in [-0.15, -0.1) is 0 Å². The fraction of sp³-hybridized carbons (Fsp3) is 0.400. The maximum atomic E-state index is 13.2. The van der Waals surface area contributed by atoms with Crippen LogP contribution in [-0.2, 0) is 6.18 Å². The van der Waals surface area contributed by atoms with Crippen molar-refractivity contribution in [3.05, 3.63) is 53.1 Å². The summed E-state index contributed by atoms with van der Waals surface area (Å²) in [4.78, 5) is 0. The highest BCUT2D eigenvalue weighted by atomic mass is 19.4. The SMILES string of the molecule is COc1cccc(OCCOc2cccc(C(F)(F)F)c2C(C)C)c1C. The van der Waals surface area contributed by atoms with Crippen LogP contribution in [0.1, 0.15) is 36.5 Å². The molecule has 0 aliphatic carbocycles. The van der Waals surface area contributed by atoms with E-state index in [2.05, 4.69) is 0 Å². The molecule has 2 aromatic carbocycles. The number of methoxy groups -OCH3 is 1. The van der Waals surface area contributed by atoms with Crippen LogP contribution in [-0.4, -0.2) is 20.3 Å². The Morgan fingerprint density at radius 2 is 1.42 bits per heavy atom. The van der Waals surface area contributed by atoms with E-state index >= 15 is 0 Å². The Morgan fingerprint density at radius 1 is 0.885 bits per heavy atom. The summed E-state index contributed by atoms with van der Waals surface area (Å²) in [5, 5.41) is 0. The van der Waals surface area contributed by atoms with Gasteiger partial charge in [0.2, 0.25) is 0 Å². The van der Waals surface area contributed by atoms with Crippen LogP contribution in [0.25, 0.3) is 0 Å². The van der Waals surface area contributed by atoms with Crippen molar-refractivity contribution < 1.29 is 27.4 Å². The zero-order valence-corrected chi connectivity index (χ0v) is 15.3. The largest absolute Gasteiger partial charge is 0.496 e. The van der Waals surface area contributed by atoms with Gasteiger partial charge in [0.05, 0.1) is 12.7 Å². The third-order valence-corrected chi connectivity index (χ3v) is 4.00. The van der Waals surface area contributed by atoms with Crippen LogP contribution in [0.4, 0.5) is 13.2 Å². The van der Waals surface area contributed by atoms with Crippen molar-refractivity contribution in [1.82, 2.24) is 0 Å². The lowest BCUT2D eigenvalue weighted by molar-refractivity contribution is -0.138. The van der Waals surface area contributed by atoms with Crippen LogP contribution < -0.4 is 14.2 Å². The van der Waals surface area contributed by atoms with E-state index < -0.39 is 11.7 Å². The topological polar surface area (TPSA) is 27.7 Å². The molecule has 2 rings (SSSR count). The van der Waals surface area contributed by atoms with Crippen molar-refractivity contribution in [3.63, 3.8) is 0 Å². The molecule has 0 radical (unpaired) electrons. The van der Waals surface area contributed by atoms with Crippen molar-refractivity contribution in [2.45, 2.75) is 32.9 Å². The zero-order valence-electron chi connectivity index (χ0n) is 15.3. The van der Waals surface area contributed by atoms with Gasteiger partial charge in [-0.1, -0.05) is 26.0 Å². The van der Waals surface area contributed by atoms with Crippen molar-refractivity contribution in [3.8, 4) is 17.2 Å². The summed E-state index contributed by atoms with van der Waals surface area (Å²) in [7, 11) is 1.58. The van der Waals surface area contributed by atoms with E-state index in [1.807, 2.05) is 25.1 Å². The highest BCUT2D eigenvalue weighted by molar-refractivity contribution is 5.44. The second-order valence-electron chi connectivity index (χ2n) is 6.15. The summed E-state index contributed by atoms with van der Waals surface area (Å²) in [6, 6.07) is 9.44. The average molecular weight is 368 g/mol. The summed E-state index contributed by atoms with van der Waals surface area (Å²) in [6.07, 6.45) is -4.41. The Labute approximate surface area is 151 Å². The molecule has 0 N–H and O–H groups in total. The lowest BCUT2D eigenvalue weighted by Gasteiger charge is -2.20. The first-order chi connectivity index (χ1) is 12.3. The van der Waals surface area contributed by atoms with Gasteiger partial charge in [0, 0.05) is 11.1 Å². The van der Waals surface area contributed by atoms with E-state index in [0.717, 1.165) is 11.6 Å². The highest BCUT2D eigenvalue weighted by Crippen LogP contribution is 2.39. The first kappa shape index (κ1) is 19.9. The summed E-state index contributed by atoms with van der Waals surface area (Å²) in [5.74, 6) is 1.29. The quantitative estimate of drug-likeness (QED) is 0.595. The third-order valence-electron chi connectivity index (χ3n) is 4.00. The first-order valence-electron chi connectivity index (χ1n) is 8.35. The summed E-state index contributed by atoms with van der Waals surface area (Å²) >= 11 is 0. The van der Waals surface area contributed by atoms with Crippen LogP contribution in [0.3, 0.4) is 0 Å². The molecule has 3 nitrogen and oxygen atoms in total. The molecule has 6 heteroatoms. The van der Waals surface area contributed by atoms with E-state index in [9.17, 15) is 13.2 Å². The molecule has 0 saturated heterocycles. The van der Waals surface area contributed by atoms with Crippen LogP contribution >= 0.6 is 0 Å².